The monoisotopic (exact) mass is 403 g/mol. The number of anilines is 2. The van der Waals surface area contributed by atoms with Gasteiger partial charge in [0, 0.05) is 38.2 Å². The van der Waals surface area contributed by atoms with Crippen molar-refractivity contribution in [3.05, 3.63) is 66.2 Å². The van der Waals surface area contributed by atoms with E-state index in [9.17, 15) is 18.0 Å². The van der Waals surface area contributed by atoms with Crippen LogP contribution in [0.1, 0.15) is 17.9 Å². The number of oxazole rings is 1. The van der Waals surface area contributed by atoms with Crippen LogP contribution in [0, 0.1) is 0 Å². The Morgan fingerprint density at radius 3 is 2.52 bits per heavy atom. The molecule has 1 aromatic heterocycles. The highest BCUT2D eigenvalue weighted by Gasteiger charge is 2.34. The minimum absolute atomic E-state index is 0.0541. The van der Waals surface area contributed by atoms with Crippen molar-refractivity contribution in [1.82, 2.24) is 4.98 Å². The Balaban J connectivity index is 1.66. The number of amides is 1. The number of hydrogen-bond donors (Lipinski definition) is 1. The molecule has 0 unspecified atom stereocenters. The highest BCUT2D eigenvalue weighted by Crippen LogP contribution is 2.37. The second-order valence-corrected chi connectivity index (χ2v) is 6.65. The number of aryl methyl sites for hydroxylation is 1. The predicted octanol–water partition coefficient (Wildman–Crippen LogP) is 5.00. The zero-order valence-electron chi connectivity index (χ0n) is 16.0. The zero-order chi connectivity index (χ0) is 21.0. The number of benzene rings is 2. The molecule has 0 aliphatic carbocycles. The highest BCUT2D eigenvalue weighted by atomic mass is 19.4. The largest absolute Gasteiger partial charge is 0.441 e. The van der Waals surface area contributed by atoms with Crippen molar-refractivity contribution in [2.75, 3.05) is 24.3 Å². The normalized spacial score (nSPS) is 11.3. The summed E-state index contributed by atoms with van der Waals surface area (Å²) in [5.41, 5.74) is 0.0834. The first kappa shape index (κ1) is 20.4. The first-order chi connectivity index (χ1) is 13.7. The molecule has 0 atom stereocenters. The molecule has 1 amide bonds. The number of nitrogens with zero attached hydrogens (tertiary/aromatic N) is 2. The van der Waals surface area contributed by atoms with Gasteiger partial charge in [0.2, 0.25) is 5.91 Å². The van der Waals surface area contributed by atoms with Crippen molar-refractivity contribution in [3.63, 3.8) is 0 Å². The van der Waals surface area contributed by atoms with Crippen molar-refractivity contribution in [2.24, 2.45) is 0 Å². The van der Waals surface area contributed by atoms with Crippen molar-refractivity contribution < 1.29 is 22.4 Å². The topological polar surface area (TPSA) is 58.4 Å². The molecule has 0 spiro atoms. The quantitative estimate of drug-likeness (QED) is 0.629. The second kappa shape index (κ2) is 8.38. The Morgan fingerprint density at radius 2 is 1.86 bits per heavy atom. The summed E-state index contributed by atoms with van der Waals surface area (Å²) in [5, 5.41) is 2.35. The predicted molar refractivity (Wildman–Crippen MR) is 105 cm³/mol. The van der Waals surface area contributed by atoms with E-state index < -0.39 is 17.6 Å². The van der Waals surface area contributed by atoms with E-state index in [1.807, 2.05) is 30.3 Å². The molecule has 1 N–H and O–H groups in total. The molecule has 3 rings (SSSR count). The SMILES string of the molecule is CN(C)c1ccc(NC(=O)CCc2ncc(-c3ccccc3)o2)c(C(F)(F)F)c1. The van der Waals surface area contributed by atoms with Crippen molar-refractivity contribution in [1.29, 1.82) is 0 Å². The van der Waals surface area contributed by atoms with Crippen LogP contribution in [-0.2, 0) is 17.4 Å². The van der Waals surface area contributed by atoms with Gasteiger partial charge in [0.05, 0.1) is 17.4 Å². The van der Waals surface area contributed by atoms with E-state index in [0.29, 0.717) is 17.3 Å². The lowest BCUT2D eigenvalue weighted by atomic mass is 10.1. The Kier molecular flexibility index (Phi) is 5.91. The third-order valence-corrected chi connectivity index (χ3v) is 4.28. The van der Waals surface area contributed by atoms with Crippen LogP contribution < -0.4 is 10.2 Å². The number of nitrogens with one attached hydrogen (secondary N) is 1. The fraction of sp³-hybridized carbons (Fsp3) is 0.238. The van der Waals surface area contributed by atoms with Crippen LogP contribution in [0.5, 0.6) is 0 Å². The van der Waals surface area contributed by atoms with Crippen LogP contribution in [0.2, 0.25) is 0 Å². The van der Waals surface area contributed by atoms with Crippen molar-refractivity contribution in [3.8, 4) is 11.3 Å². The van der Waals surface area contributed by atoms with E-state index in [-0.39, 0.29) is 18.5 Å². The molecule has 1 heterocycles. The summed E-state index contributed by atoms with van der Waals surface area (Å²) in [6.45, 7) is 0. The maximum atomic E-state index is 13.4. The van der Waals surface area contributed by atoms with Crippen LogP contribution in [0.15, 0.2) is 59.1 Å². The lowest BCUT2D eigenvalue weighted by molar-refractivity contribution is -0.136. The summed E-state index contributed by atoms with van der Waals surface area (Å²) in [6, 6.07) is 13.1. The number of carbonyl (C=O) groups excluding carboxylic acids is 1. The van der Waals surface area contributed by atoms with Gasteiger partial charge < -0.3 is 14.6 Å². The first-order valence-electron chi connectivity index (χ1n) is 8.92. The Labute approximate surface area is 166 Å². The highest BCUT2D eigenvalue weighted by molar-refractivity contribution is 5.92. The maximum Gasteiger partial charge on any atom is 0.418 e. The van der Waals surface area contributed by atoms with Gasteiger partial charge in [-0.3, -0.25) is 4.79 Å². The van der Waals surface area contributed by atoms with Crippen LogP contribution in [0.25, 0.3) is 11.3 Å². The summed E-state index contributed by atoms with van der Waals surface area (Å²) in [7, 11) is 3.29. The fourth-order valence-corrected chi connectivity index (χ4v) is 2.75. The van der Waals surface area contributed by atoms with Crippen LogP contribution in [0.3, 0.4) is 0 Å². The number of carbonyl (C=O) groups is 1. The first-order valence-corrected chi connectivity index (χ1v) is 8.92. The number of aromatic nitrogens is 1. The summed E-state index contributed by atoms with van der Waals surface area (Å²) < 4.78 is 45.7. The summed E-state index contributed by atoms with van der Waals surface area (Å²) in [4.78, 5) is 17.9. The summed E-state index contributed by atoms with van der Waals surface area (Å²) in [6.07, 6.45) is -2.90. The van der Waals surface area contributed by atoms with Gasteiger partial charge in [0.15, 0.2) is 11.7 Å². The maximum absolute atomic E-state index is 13.4. The van der Waals surface area contributed by atoms with Crippen molar-refractivity contribution in [2.45, 2.75) is 19.0 Å². The molecule has 5 nitrogen and oxygen atoms in total. The Hall–Kier alpha value is -3.29. The molecule has 2 aromatic carbocycles. The average molecular weight is 403 g/mol. The minimum Gasteiger partial charge on any atom is -0.441 e. The number of hydrogen-bond acceptors (Lipinski definition) is 4. The van der Waals surface area contributed by atoms with E-state index in [1.165, 1.54) is 12.1 Å². The van der Waals surface area contributed by atoms with E-state index >= 15 is 0 Å². The molecule has 152 valence electrons. The van der Waals surface area contributed by atoms with E-state index in [2.05, 4.69) is 10.3 Å². The van der Waals surface area contributed by atoms with Gasteiger partial charge in [-0.1, -0.05) is 30.3 Å². The Morgan fingerprint density at radius 1 is 1.14 bits per heavy atom. The van der Waals surface area contributed by atoms with Gasteiger partial charge in [-0.25, -0.2) is 4.98 Å². The van der Waals surface area contributed by atoms with Crippen LogP contribution >= 0.6 is 0 Å². The van der Waals surface area contributed by atoms with E-state index in [4.69, 9.17) is 4.42 Å². The van der Waals surface area contributed by atoms with Gasteiger partial charge >= 0.3 is 6.18 Å². The average Bonchev–Trinajstić information content (AvgIpc) is 3.15. The van der Waals surface area contributed by atoms with Crippen molar-refractivity contribution >= 4 is 17.3 Å². The Bertz CT molecular complexity index is 982. The summed E-state index contributed by atoms with van der Waals surface area (Å²) >= 11 is 0. The van der Waals surface area contributed by atoms with Crippen LogP contribution in [-0.4, -0.2) is 25.0 Å². The smallest absolute Gasteiger partial charge is 0.418 e. The standard InChI is InChI=1S/C21H20F3N3O2/c1-27(2)15-8-9-17(16(12-15)21(22,23)24)26-19(28)10-11-20-25-13-18(29-20)14-6-4-3-5-7-14/h3-9,12-13H,10-11H2,1-2H3,(H,26,28). The molecule has 8 heteroatoms. The van der Waals surface area contributed by atoms with Gasteiger partial charge in [-0.05, 0) is 18.2 Å². The molecule has 0 radical (unpaired) electrons. The van der Waals surface area contributed by atoms with E-state index in [0.717, 1.165) is 11.6 Å². The molecule has 0 fully saturated rings. The molecule has 29 heavy (non-hydrogen) atoms. The zero-order valence-corrected chi connectivity index (χ0v) is 16.0. The number of halogens is 3. The van der Waals surface area contributed by atoms with E-state index in [1.54, 1.807) is 25.2 Å². The molecule has 0 aliphatic rings. The number of rotatable bonds is 6. The van der Waals surface area contributed by atoms with Gasteiger partial charge in [0.1, 0.15) is 0 Å². The van der Waals surface area contributed by atoms with Gasteiger partial charge in [-0.15, -0.1) is 0 Å². The van der Waals surface area contributed by atoms with Gasteiger partial charge in [-0.2, -0.15) is 13.2 Å². The minimum atomic E-state index is -4.58. The lowest BCUT2D eigenvalue weighted by Gasteiger charge is -2.18. The number of alkyl halides is 3. The van der Waals surface area contributed by atoms with Gasteiger partial charge in [0.25, 0.3) is 0 Å². The molecule has 3 aromatic rings. The third kappa shape index (κ3) is 5.16. The molecule has 0 bridgehead atoms. The summed E-state index contributed by atoms with van der Waals surface area (Å²) in [5.74, 6) is 0.366. The molecule has 0 aliphatic heterocycles. The second-order valence-electron chi connectivity index (χ2n) is 6.65. The van der Waals surface area contributed by atoms with Crippen LogP contribution in [0.4, 0.5) is 24.5 Å². The lowest BCUT2D eigenvalue weighted by Crippen LogP contribution is -2.18. The third-order valence-electron chi connectivity index (χ3n) is 4.28. The molecule has 0 saturated heterocycles. The fourth-order valence-electron chi connectivity index (χ4n) is 2.75. The molecule has 0 saturated carbocycles. The molecular weight excluding hydrogens is 383 g/mol. The molecular formula is C21H20F3N3O2.